The number of fused-ring (bicyclic) bond motifs is 4. The molecule has 0 aliphatic carbocycles. The molecule has 5 rings (SSSR count). The van der Waals surface area contributed by atoms with Crippen molar-refractivity contribution in [3.05, 3.63) is 77.3 Å². The van der Waals surface area contributed by atoms with E-state index in [2.05, 4.69) is 89.4 Å². The fraction of sp³-hybridized carbons (Fsp3) is 0.0455. The predicted octanol–water partition coefficient (Wildman–Crippen LogP) is 6.11. The maximum atomic E-state index is 4.67. The molecule has 0 atom stereocenters. The molecule has 120 valence electrons. The standard InChI is InChI=1S/C22H16N2S/c1-24-19-8-4-2-6-16(19)17-14-15(10-12-20(17)24)11-13-22-23-18-7-3-5-9-21(18)25-22/h2-14H,1H3/b13-11-. The van der Waals surface area contributed by atoms with Crippen LogP contribution in [0.15, 0.2) is 66.7 Å². The Morgan fingerprint density at radius 2 is 1.64 bits per heavy atom. The number of hydrogen-bond acceptors (Lipinski definition) is 2. The van der Waals surface area contributed by atoms with Gasteiger partial charge in [0.2, 0.25) is 0 Å². The zero-order valence-electron chi connectivity index (χ0n) is 13.8. The smallest absolute Gasteiger partial charge is 0.117 e. The van der Waals surface area contributed by atoms with Crippen molar-refractivity contribution in [1.29, 1.82) is 0 Å². The largest absolute Gasteiger partial charge is 0.344 e. The highest BCUT2D eigenvalue weighted by Gasteiger charge is 2.07. The Kier molecular flexibility index (Phi) is 3.22. The van der Waals surface area contributed by atoms with Gasteiger partial charge in [0.1, 0.15) is 5.01 Å². The van der Waals surface area contributed by atoms with Crippen LogP contribution in [0, 0.1) is 0 Å². The van der Waals surface area contributed by atoms with Gasteiger partial charge < -0.3 is 4.57 Å². The Balaban J connectivity index is 1.59. The minimum atomic E-state index is 1.04. The molecular weight excluding hydrogens is 324 g/mol. The molecule has 5 aromatic rings. The summed E-state index contributed by atoms with van der Waals surface area (Å²) in [6.45, 7) is 0. The SMILES string of the molecule is Cn1c2ccccc2c2cc(/C=C\c3nc4ccccc4s3)ccc21. The summed E-state index contributed by atoms with van der Waals surface area (Å²) in [5.74, 6) is 0. The first kappa shape index (κ1) is 14.4. The number of aryl methyl sites for hydroxylation is 1. The maximum absolute atomic E-state index is 4.67. The van der Waals surface area contributed by atoms with Crippen LogP contribution < -0.4 is 0 Å². The number of para-hydroxylation sites is 2. The molecule has 0 aliphatic rings. The summed E-state index contributed by atoms with van der Waals surface area (Å²) in [7, 11) is 2.13. The van der Waals surface area contributed by atoms with Crippen LogP contribution in [-0.4, -0.2) is 9.55 Å². The normalized spacial score (nSPS) is 12.0. The average molecular weight is 340 g/mol. The number of benzene rings is 3. The van der Waals surface area contributed by atoms with E-state index in [1.165, 1.54) is 32.1 Å². The molecule has 0 spiro atoms. The molecule has 2 heterocycles. The summed E-state index contributed by atoms with van der Waals surface area (Å²) in [5, 5.41) is 3.64. The molecule has 2 aromatic heterocycles. The highest BCUT2D eigenvalue weighted by atomic mass is 32.1. The van der Waals surface area contributed by atoms with E-state index in [9.17, 15) is 0 Å². The summed E-state index contributed by atoms with van der Waals surface area (Å²) < 4.78 is 3.48. The average Bonchev–Trinajstić information content (AvgIpc) is 3.20. The minimum Gasteiger partial charge on any atom is -0.344 e. The molecule has 3 aromatic carbocycles. The quantitative estimate of drug-likeness (QED) is 0.379. The first-order valence-corrected chi connectivity index (χ1v) is 9.12. The third-order valence-corrected chi connectivity index (χ3v) is 5.67. The van der Waals surface area contributed by atoms with E-state index in [1.807, 2.05) is 6.07 Å². The fourth-order valence-electron chi connectivity index (χ4n) is 3.42. The molecule has 0 amide bonds. The van der Waals surface area contributed by atoms with Gasteiger partial charge in [0.25, 0.3) is 0 Å². The van der Waals surface area contributed by atoms with E-state index in [4.69, 9.17) is 0 Å². The number of nitrogens with zero attached hydrogens (tertiary/aromatic N) is 2. The van der Waals surface area contributed by atoms with E-state index < -0.39 is 0 Å². The van der Waals surface area contributed by atoms with Crippen LogP contribution in [0.2, 0.25) is 0 Å². The van der Waals surface area contributed by atoms with Gasteiger partial charge in [-0.3, -0.25) is 0 Å². The number of aromatic nitrogens is 2. The number of rotatable bonds is 2. The molecule has 3 heteroatoms. The van der Waals surface area contributed by atoms with E-state index in [1.54, 1.807) is 11.3 Å². The molecule has 2 nitrogen and oxygen atoms in total. The molecule has 0 radical (unpaired) electrons. The van der Waals surface area contributed by atoms with Gasteiger partial charge >= 0.3 is 0 Å². The highest BCUT2D eigenvalue weighted by molar-refractivity contribution is 7.19. The predicted molar refractivity (Wildman–Crippen MR) is 109 cm³/mol. The highest BCUT2D eigenvalue weighted by Crippen LogP contribution is 2.29. The summed E-state index contributed by atoms with van der Waals surface area (Å²) in [5.41, 5.74) is 4.79. The topological polar surface area (TPSA) is 17.8 Å². The second kappa shape index (κ2) is 5.57. The lowest BCUT2D eigenvalue weighted by atomic mass is 10.1. The Morgan fingerprint density at radius 3 is 2.56 bits per heavy atom. The Labute approximate surface area is 149 Å². The van der Waals surface area contributed by atoms with Gasteiger partial charge in [-0.2, -0.15) is 0 Å². The van der Waals surface area contributed by atoms with Crippen molar-refractivity contribution in [2.75, 3.05) is 0 Å². The second-order valence-electron chi connectivity index (χ2n) is 6.21. The van der Waals surface area contributed by atoms with Crippen LogP contribution in [-0.2, 0) is 7.05 Å². The summed E-state index contributed by atoms with van der Waals surface area (Å²) >= 11 is 1.72. The van der Waals surface area contributed by atoms with Gasteiger partial charge in [0.15, 0.2) is 0 Å². The van der Waals surface area contributed by atoms with Crippen LogP contribution in [0.1, 0.15) is 10.6 Å². The van der Waals surface area contributed by atoms with Crippen molar-refractivity contribution in [3.8, 4) is 0 Å². The zero-order valence-corrected chi connectivity index (χ0v) is 14.6. The van der Waals surface area contributed by atoms with Crippen LogP contribution in [0.3, 0.4) is 0 Å². The molecule has 0 fully saturated rings. The van der Waals surface area contributed by atoms with Crippen molar-refractivity contribution in [1.82, 2.24) is 9.55 Å². The van der Waals surface area contributed by atoms with Gasteiger partial charge in [-0.1, -0.05) is 42.5 Å². The molecular formula is C22H16N2S. The van der Waals surface area contributed by atoms with Crippen molar-refractivity contribution in [2.24, 2.45) is 7.05 Å². The van der Waals surface area contributed by atoms with Crippen molar-refractivity contribution >= 4 is 55.5 Å². The lowest BCUT2D eigenvalue weighted by molar-refractivity contribution is 1.01. The van der Waals surface area contributed by atoms with Crippen LogP contribution in [0.4, 0.5) is 0 Å². The molecule has 0 bridgehead atoms. The number of hydrogen-bond donors (Lipinski definition) is 0. The maximum Gasteiger partial charge on any atom is 0.117 e. The van der Waals surface area contributed by atoms with E-state index in [0.29, 0.717) is 0 Å². The molecule has 0 aliphatic heterocycles. The number of thiazole rings is 1. The van der Waals surface area contributed by atoms with Gasteiger partial charge in [-0.05, 0) is 42.0 Å². The van der Waals surface area contributed by atoms with Crippen molar-refractivity contribution in [3.63, 3.8) is 0 Å². The zero-order chi connectivity index (χ0) is 16.8. The summed E-state index contributed by atoms with van der Waals surface area (Å²) in [4.78, 5) is 4.67. The Morgan fingerprint density at radius 1 is 0.840 bits per heavy atom. The first-order chi connectivity index (χ1) is 12.3. The Hall–Kier alpha value is -2.91. The fourth-order valence-corrected chi connectivity index (χ4v) is 4.29. The lowest BCUT2D eigenvalue weighted by Crippen LogP contribution is -1.85. The van der Waals surface area contributed by atoms with Gasteiger partial charge in [0.05, 0.1) is 10.2 Å². The summed E-state index contributed by atoms with van der Waals surface area (Å²) in [6.07, 6.45) is 4.26. The molecule has 0 unspecified atom stereocenters. The molecule has 25 heavy (non-hydrogen) atoms. The third-order valence-electron chi connectivity index (χ3n) is 4.67. The van der Waals surface area contributed by atoms with Crippen LogP contribution in [0.5, 0.6) is 0 Å². The Bertz CT molecular complexity index is 1220. The van der Waals surface area contributed by atoms with E-state index in [0.717, 1.165) is 10.5 Å². The van der Waals surface area contributed by atoms with Gasteiger partial charge in [0, 0.05) is 28.9 Å². The third kappa shape index (κ3) is 2.36. The molecule has 0 saturated heterocycles. The first-order valence-electron chi connectivity index (χ1n) is 8.30. The van der Waals surface area contributed by atoms with E-state index >= 15 is 0 Å². The molecule has 0 N–H and O–H groups in total. The van der Waals surface area contributed by atoms with E-state index in [-0.39, 0.29) is 0 Å². The van der Waals surface area contributed by atoms with Gasteiger partial charge in [-0.25, -0.2) is 4.98 Å². The monoisotopic (exact) mass is 340 g/mol. The van der Waals surface area contributed by atoms with Gasteiger partial charge in [-0.15, -0.1) is 11.3 Å². The molecule has 0 saturated carbocycles. The van der Waals surface area contributed by atoms with Crippen molar-refractivity contribution in [2.45, 2.75) is 0 Å². The minimum absolute atomic E-state index is 1.04. The second-order valence-corrected chi connectivity index (χ2v) is 7.27. The van der Waals surface area contributed by atoms with Crippen molar-refractivity contribution < 1.29 is 0 Å². The lowest BCUT2D eigenvalue weighted by Gasteiger charge is -1.98. The summed E-state index contributed by atoms with van der Waals surface area (Å²) in [6, 6.07) is 23.5. The van der Waals surface area contributed by atoms with Crippen LogP contribution >= 0.6 is 11.3 Å². The van der Waals surface area contributed by atoms with Crippen LogP contribution in [0.25, 0.3) is 44.2 Å².